The molecule has 0 radical (unpaired) electrons. The van der Waals surface area contributed by atoms with Crippen molar-refractivity contribution in [3.8, 4) is 0 Å². The summed E-state index contributed by atoms with van der Waals surface area (Å²) in [4.78, 5) is 11.4. The van der Waals surface area contributed by atoms with E-state index in [4.69, 9.17) is 0 Å². The number of esters is 1. The Morgan fingerprint density at radius 2 is 2.05 bits per heavy atom. The highest BCUT2D eigenvalue weighted by atomic mass is 19.1. The van der Waals surface area contributed by atoms with Crippen LogP contribution >= 0.6 is 0 Å². The summed E-state index contributed by atoms with van der Waals surface area (Å²) < 4.78 is 31.9. The van der Waals surface area contributed by atoms with Crippen LogP contribution in [-0.4, -0.2) is 19.1 Å². The quantitative estimate of drug-likeness (QED) is 0.859. The Kier molecular flexibility index (Phi) is 3.97. The van der Waals surface area contributed by atoms with Gasteiger partial charge in [0.05, 0.1) is 18.4 Å². The molecule has 1 aromatic rings. The largest absolute Gasteiger partial charge is 0.465 e. The van der Waals surface area contributed by atoms with Gasteiger partial charge in [0.25, 0.3) is 0 Å². The number of rotatable bonds is 3. The fraction of sp³-hybridized carbons (Fsp3) is 0.533. The van der Waals surface area contributed by atoms with E-state index < -0.39 is 17.6 Å². The molecule has 1 aromatic carbocycles. The maximum atomic E-state index is 13.8. The first-order chi connectivity index (χ1) is 9.35. The summed E-state index contributed by atoms with van der Waals surface area (Å²) in [6.07, 6.45) is 3.05. The lowest BCUT2D eigenvalue weighted by Crippen LogP contribution is -2.31. The van der Waals surface area contributed by atoms with E-state index in [2.05, 4.69) is 23.9 Å². The normalized spacial score (nSPS) is 20.8. The number of methoxy groups -OCH3 is 1. The minimum absolute atomic E-state index is 0.0479. The molecule has 2 rings (SSSR count). The van der Waals surface area contributed by atoms with Crippen LogP contribution in [0.5, 0.6) is 0 Å². The lowest BCUT2D eigenvalue weighted by Gasteiger charge is -2.29. The first-order valence-electron chi connectivity index (χ1n) is 6.69. The molecule has 0 heterocycles. The van der Waals surface area contributed by atoms with Gasteiger partial charge in [0.15, 0.2) is 0 Å². The van der Waals surface area contributed by atoms with Crippen molar-refractivity contribution in [3.05, 3.63) is 29.3 Å². The fourth-order valence-electron chi connectivity index (χ4n) is 2.71. The van der Waals surface area contributed by atoms with Gasteiger partial charge in [-0.05, 0) is 24.3 Å². The Morgan fingerprint density at radius 3 is 2.60 bits per heavy atom. The first-order valence-corrected chi connectivity index (χ1v) is 6.69. The minimum Gasteiger partial charge on any atom is -0.465 e. The molecule has 0 aromatic heterocycles. The number of nitrogens with one attached hydrogen (secondary N) is 1. The second-order valence-corrected chi connectivity index (χ2v) is 5.88. The van der Waals surface area contributed by atoms with Gasteiger partial charge in [-0.2, -0.15) is 0 Å². The number of carbonyl (C=O) groups excluding carboxylic acids is 1. The van der Waals surface area contributed by atoms with Crippen LogP contribution in [0.1, 0.15) is 43.5 Å². The molecule has 1 saturated carbocycles. The highest BCUT2D eigenvalue weighted by Crippen LogP contribution is 2.39. The predicted molar refractivity (Wildman–Crippen MR) is 72.7 cm³/mol. The Labute approximate surface area is 117 Å². The number of hydrogen-bond donors (Lipinski definition) is 1. The van der Waals surface area contributed by atoms with Gasteiger partial charge >= 0.3 is 5.97 Å². The summed E-state index contributed by atoms with van der Waals surface area (Å²) in [5.41, 5.74) is -0.0642. The molecule has 20 heavy (non-hydrogen) atoms. The lowest BCUT2D eigenvalue weighted by atomic mass is 9.87. The predicted octanol–water partition coefficient (Wildman–Crippen LogP) is 3.74. The molecule has 0 bridgehead atoms. The van der Waals surface area contributed by atoms with Crippen molar-refractivity contribution in [2.45, 2.75) is 39.2 Å². The van der Waals surface area contributed by atoms with Gasteiger partial charge in [-0.25, -0.2) is 13.6 Å². The average Bonchev–Trinajstić information content (AvgIpc) is 2.71. The molecule has 1 atom stereocenters. The van der Waals surface area contributed by atoms with Crippen molar-refractivity contribution in [3.63, 3.8) is 0 Å². The summed E-state index contributed by atoms with van der Waals surface area (Å²) >= 11 is 0. The highest BCUT2D eigenvalue weighted by Gasteiger charge is 2.35. The number of anilines is 1. The molecule has 110 valence electrons. The smallest absolute Gasteiger partial charge is 0.340 e. The van der Waals surface area contributed by atoms with Gasteiger partial charge in [-0.15, -0.1) is 0 Å². The maximum absolute atomic E-state index is 13.8. The van der Waals surface area contributed by atoms with E-state index in [1.165, 1.54) is 6.07 Å². The van der Waals surface area contributed by atoms with Crippen LogP contribution in [0.4, 0.5) is 14.5 Å². The molecular formula is C15H19F2NO2. The number of carbonyl (C=O) groups is 1. The first kappa shape index (κ1) is 14.8. The van der Waals surface area contributed by atoms with E-state index in [0.29, 0.717) is 0 Å². The molecule has 0 aliphatic heterocycles. The Bertz CT molecular complexity index is 529. The molecule has 1 fully saturated rings. The van der Waals surface area contributed by atoms with Crippen LogP contribution in [-0.2, 0) is 4.74 Å². The van der Waals surface area contributed by atoms with Gasteiger partial charge in [-0.3, -0.25) is 0 Å². The Morgan fingerprint density at radius 1 is 1.35 bits per heavy atom. The second kappa shape index (κ2) is 5.38. The average molecular weight is 283 g/mol. The molecule has 0 amide bonds. The summed E-state index contributed by atoms with van der Waals surface area (Å²) in [5.74, 6) is -2.42. The molecule has 3 nitrogen and oxygen atoms in total. The van der Waals surface area contributed by atoms with Crippen molar-refractivity contribution in [1.29, 1.82) is 0 Å². The van der Waals surface area contributed by atoms with Crippen LogP contribution in [0, 0.1) is 17.0 Å². The lowest BCUT2D eigenvalue weighted by molar-refractivity contribution is 0.0595. The van der Waals surface area contributed by atoms with Crippen molar-refractivity contribution in [1.82, 2.24) is 0 Å². The standard InChI is InChI=1S/C15H19F2NO2/c1-15(2)6-4-5-13(15)18-12-7-9(14(19)20-3)10(16)8-11(12)17/h7-8,13,18H,4-6H2,1-3H3. The Balaban J connectivity index is 2.30. The van der Waals surface area contributed by atoms with E-state index in [9.17, 15) is 13.6 Å². The number of benzene rings is 1. The van der Waals surface area contributed by atoms with E-state index in [-0.39, 0.29) is 22.7 Å². The number of halogens is 2. The summed E-state index contributed by atoms with van der Waals surface area (Å²) in [6.45, 7) is 4.22. The van der Waals surface area contributed by atoms with Crippen molar-refractivity contribution >= 4 is 11.7 Å². The summed E-state index contributed by atoms with van der Waals surface area (Å²) in [5, 5.41) is 3.10. The molecule has 0 saturated heterocycles. The zero-order chi connectivity index (χ0) is 14.9. The van der Waals surface area contributed by atoms with E-state index >= 15 is 0 Å². The third kappa shape index (κ3) is 2.76. The van der Waals surface area contributed by atoms with Crippen molar-refractivity contribution < 1.29 is 18.3 Å². The van der Waals surface area contributed by atoms with Gasteiger partial charge in [-0.1, -0.05) is 20.3 Å². The third-order valence-electron chi connectivity index (χ3n) is 4.05. The van der Waals surface area contributed by atoms with Gasteiger partial charge in [0.2, 0.25) is 0 Å². The van der Waals surface area contributed by atoms with Gasteiger partial charge in [0.1, 0.15) is 11.6 Å². The van der Waals surface area contributed by atoms with Crippen LogP contribution in [0.3, 0.4) is 0 Å². The minimum atomic E-state index is -0.911. The van der Waals surface area contributed by atoms with Gasteiger partial charge < -0.3 is 10.1 Å². The fourth-order valence-corrected chi connectivity index (χ4v) is 2.71. The zero-order valence-corrected chi connectivity index (χ0v) is 11.9. The molecule has 5 heteroatoms. The third-order valence-corrected chi connectivity index (χ3v) is 4.05. The van der Waals surface area contributed by atoms with Crippen LogP contribution in [0.15, 0.2) is 12.1 Å². The van der Waals surface area contributed by atoms with E-state index in [0.717, 1.165) is 32.4 Å². The van der Waals surface area contributed by atoms with Crippen molar-refractivity contribution in [2.75, 3.05) is 12.4 Å². The number of hydrogen-bond acceptors (Lipinski definition) is 3. The zero-order valence-electron chi connectivity index (χ0n) is 11.9. The highest BCUT2D eigenvalue weighted by molar-refractivity contribution is 5.90. The SMILES string of the molecule is COC(=O)c1cc(NC2CCCC2(C)C)c(F)cc1F. The maximum Gasteiger partial charge on any atom is 0.340 e. The number of ether oxygens (including phenoxy) is 1. The molecular weight excluding hydrogens is 264 g/mol. The summed E-state index contributed by atoms with van der Waals surface area (Å²) in [7, 11) is 1.16. The van der Waals surface area contributed by atoms with Crippen LogP contribution in [0.2, 0.25) is 0 Å². The van der Waals surface area contributed by atoms with Crippen molar-refractivity contribution in [2.24, 2.45) is 5.41 Å². The van der Waals surface area contributed by atoms with Gasteiger partial charge in [0, 0.05) is 12.1 Å². The Hall–Kier alpha value is -1.65. The molecule has 1 aliphatic carbocycles. The van der Waals surface area contributed by atoms with Crippen LogP contribution < -0.4 is 5.32 Å². The molecule has 1 unspecified atom stereocenters. The molecule has 1 N–H and O–H groups in total. The van der Waals surface area contributed by atoms with E-state index in [1.54, 1.807) is 0 Å². The second-order valence-electron chi connectivity index (χ2n) is 5.88. The molecule has 1 aliphatic rings. The summed E-state index contributed by atoms with van der Waals surface area (Å²) in [6, 6.07) is 2.01. The molecule has 0 spiro atoms. The topological polar surface area (TPSA) is 38.3 Å². The monoisotopic (exact) mass is 283 g/mol. The van der Waals surface area contributed by atoms with Crippen LogP contribution in [0.25, 0.3) is 0 Å². The van der Waals surface area contributed by atoms with E-state index in [1.807, 2.05) is 0 Å².